The molecule has 26 heavy (non-hydrogen) atoms. The highest BCUT2D eigenvalue weighted by Crippen LogP contribution is 2.19. The van der Waals surface area contributed by atoms with E-state index < -0.39 is 0 Å². The Morgan fingerprint density at radius 3 is 2.38 bits per heavy atom. The Morgan fingerprint density at radius 1 is 1.08 bits per heavy atom. The summed E-state index contributed by atoms with van der Waals surface area (Å²) in [5, 5.41) is 5.74. The molecule has 3 rings (SSSR count). The summed E-state index contributed by atoms with van der Waals surface area (Å²) in [5.41, 5.74) is 2.19. The average Bonchev–Trinajstić information content (AvgIpc) is 3.46. The number of hydrogen-bond acceptors (Lipinski definition) is 3. The third-order valence-corrected chi connectivity index (χ3v) is 3.95. The Labute approximate surface area is 153 Å². The molecule has 0 unspecified atom stereocenters. The second kappa shape index (κ2) is 8.34. The zero-order valence-corrected chi connectivity index (χ0v) is 14.7. The smallest absolute Gasteiger partial charge is 0.251 e. The lowest BCUT2D eigenvalue weighted by molar-refractivity contribution is -0.111. The lowest BCUT2D eigenvalue weighted by Gasteiger charge is -2.05. The third-order valence-electron chi connectivity index (χ3n) is 3.95. The summed E-state index contributed by atoms with van der Waals surface area (Å²) in [5.74, 6) is 0.507. The minimum Gasteiger partial charge on any atom is -0.494 e. The van der Waals surface area contributed by atoms with E-state index in [0.717, 1.165) is 24.2 Å². The summed E-state index contributed by atoms with van der Waals surface area (Å²) in [6, 6.07) is 14.7. The second-order valence-electron chi connectivity index (χ2n) is 6.15. The van der Waals surface area contributed by atoms with Crippen molar-refractivity contribution in [3.05, 3.63) is 65.7 Å². The molecule has 1 fully saturated rings. The lowest BCUT2D eigenvalue weighted by atomic mass is 10.1. The van der Waals surface area contributed by atoms with Crippen LogP contribution in [0.3, 0.4) is 0 Å². The van der Waals surface area contributed by atoms with Crippen molar-refractivity contribution in [1.29, 1.82) is 0 Å². The Morgan fingerprint density at radius 2 is 1.77 bits per heavy atom. The van der Waals surface area contributed by atoms with Gasteiger partial charge in [0.1, 0.15) is 5.75 Å². The van der Waals surface area contributed by atoms with E-state index in [1.807, 2.05) is 31.2 Å². The molecule has 5 nitrogen and oxygen atoms in total. The molecule has 0 atom stereocenters. The van der Waals surface area contributed by atoms with Crippen LogP contribution in [0.1, 0.15) is 35.7 Å². The molecule has 0 aromatic heterocycles. The zero-order valence-electron chi connectivity index (χ0n) is 14.7. The fourth-order valence-electron chi connectivity index (χ4n) is 2.40. The van der Waals surface area contributed by atoms with E-state index in [9.17, 15) is 9.59 Å². The first-order valence-corrected chi connectivity index (χ1v) is 8.77. The molecule has 0 heterocycles. The lowest BCUT2D eigenvalue weighted by Crippen LogP contribution is -2.25. The summed E-state index contributed by atoms with van der Waals surface area (Å²) in [6.07, 6.45) is 5.31. The van der Waals surface area contributed by atoms with Gasteiger partial charge in [0.15, 0.2) is 0 Å². The van der Waals surface area contributed by atoms with Crippen molar-refractivity contribution in [2.75, 3.05) is 11.9 Å². The summed E-state index contributed by atoms with van der Waals surface area (Å²) in [4.78, 5) is 23.9. The molecule has 0 aliphatic heterocycles. The number of nitrogens with one attached hydrogen (secondary N) is 2. The van der Waals surface area contributed by atoms with Gasteiger partial charge in [-0.25, -0.2) is 0 Å². The van der Waals surface area contributed by atoms with Crippen LogP contribution in [0.4, 0.5) is 5.69 Å². The van der Waals surface area contributed by atoms with Crippen LogP contribution in [0.2, 0.25) is 0 Å². The van der Waals surface area contributed by atoms with E-state index >= 15 is 0 Å². The highest BCUT2D eigenvalue weighted by atomic mass is 16.5. The normalized spacial score (nSPS) is 13.4. The van der Waals surface area contributed by atoms with Crippen LogP contribution >= 0.6 is 0 Å². The summed E-state index contributed by atoms with van der Waals surface area (Å²) < 4.78 is 5.37. The molecule has 1 aliphatic carbocycles. The first-order chi connectivity index (χ1) is 12.6. The topological polar surface area (TPSA) is 67.4 Å². The van der Waals surface area contributed by atoms with Crippen molar-refractivity contribution in [2.24, 2.45) is 0 Å². The van der Waals surface area contributed by atoms with Crippen LogP contribution in [-0.4, -0.2) is 24.5 Å². The minimum atomic E-state index is -0.218. The van der Waals surface area contributed by atoms with Gasteiger partial charge in [0.05, 0.1) is 6.61 Å². The van der Waals surface area contributed by atoms with Gasteiger partial charge in [-0.15, -0.1) is 0 Å². The first kappa shape index (κ1) is 17.7. The van der Waals surface area contributed by atoms with Gasteiger partial charge in [0, 0.05) is 23.4 Å². The van der Waals surface area contributed by atoms with E-state index in [4.69, 9.17) is 4.74 Å². The number of hydrogen-bond donors (Lipinski definition) is 2. The summed E-state index contributed by atoms with van der Waals surface area (Å²) >= 11 is 0. The standard InChI is InChI=1S/C21H22N2O3/c1-2-26-19-12-10-17(11-13-19)22-20(24)14-5-15-3-6-16(7-4-15)21(25)23-18-8-9-18/h3-7,10-14,18H,2,8-9H2,1H3,(H,22,24)(H,23,25)/b14-5+. The second-order valence-corrected chi connectivity index (χ2v) is 6.15. The largest absolute Gasteiger partial charge is 0.494 e. The van der Waals surface area contributed by atoms with Crippen molar-refractivity contribution >= 4 is 23.6 Å². The molecule has 134 valence electrons. The minimum absolute atomic E-state index is 0.0451. The quantitative estimate of drug-likeness (QED) is 0.749. The molecule has 0 bridgehead atoms. The summed E-state index contributed by atoms with van der Waals surface area (Å²) in [7, 11) is 0. The number of anilines is 1. The molecule has 2 aromatic rings. The Bertz CT molecular complexity index is 791. The van der Waals surface area contributed by atoms with Gasteiger partial charge in [0.2, 0.25) is 5.91 Å². The molecule has 2 N–H and O–H groups in total. The van der Waals surface area contributed by atoms with Gasteiger partial charge in [-0.2, -0.15) is 0 Å². The SMILES string of the molecule is CCOc1ccc(NC(=O)/C=C/c2ccc(C(=O)NC3CC3)cc2)cc1. The molecule has 1 saturated carbocycles. The molecule has 1 aliphatic rings. The Balaban J connectivity index is 1.53. The van der Waals surface area contributed by atoms with Gasteiger partial charge >= 0.3 is 0 Å². The molecule has 0 radical (unpaired) electrons. The number of carbonyl (C=O) groups is 2. The first-order valence-electron chi connectivity index (χ1n) is 8.77. The number of rotatable bonds is 7. The summed E-state index contributed by atoms with van der Waals surface area (Å²) in [6.45, 7) is 2.53. The molecule has 0 saturated heterocycles. The zero-order chi connectivity index (χ0) is 18.4. The number of amides is 2. The number of ether oxygens (including phenoxy) is 1. The number of benzene rings is 2. The third kappa shape index (κ3) is 5.21. The maximum atomic E-state index is 12.0. The van der Waals surface area contributed by atoms with Gasteiger partial charge in [-0.1, -0.05) is 12.1 Å². The molecule has 5 heteroatoms. The maximum absolute atomic E-state index is 12.0. The van der Waals surface area contributed by atoms with Gasteiger partial charge in [-0.05, 0) is 67.8 Å². The van der Waals surface area contributed by atoms with Crippen molar-refractivity contribution < 1.29 is 14.3 Å². The van der Waals surface area contributed by atoms with Crippen molar-refractivity contribution in [3.63, 3.8) is 0 Å². The highest BCUT2D eigenvalue weighted by molar-refractivity contribution is 6.02. The van der Waals surface area contributed by atoms with Crippen molar-refractivity contribution in [3.8, 4) is 5.75 Å². The predicted molar refractivity (Wildman–Crippen MR) is 102 cm³/mol. The molecule has 2 aromatic carbocycles. The molecular formula is C21H22N2O3. The van der Waals surface area contributed by atoms with E-state index in [-0.39, 0.29) is 11.8 Å². The van der Waals surface area contributed by atoms with Crippen LogP contribution in [0, 0.1) is 0 Å². The van der Waals surface area contributed by atoms with Gasteiger partial charge in [-0.3, -0.25) is 9.59 Å². The monoisotopic (exact) mass is 350 g/mol. The van der Waals surface area contributed by atoms with Crippen molar-refractivity contribution in [1.82, 2.24) is 5.32 Å². The van der Waals surface area contributed by atoms with Crippen LogP contribution in [0.25, 0.3) is 6.08 Å². The van der Waals surface area contributed by atoms with E-state index in [1.54, 1.807) is 30.3 Å². The fourth-order valence-corrected chi connectivity index (χ4v) is 2.40. The van der Waals surface area contributed by atoms with Crippen LogP contribution in [-0.2, 0) is 4.79 Å². The fraction of sp³-hybridized carbons (Fsp3) is 0.238. The molecule has 2 amide bonds. The Kier molecular flexibility index (Phi) is 5.69. The number of carbonyl (C=O) groups excluding carboxylic acids is 2. The predicted octanol–water partition coefficient (Wildman–Crippen LogP) is 3.63. The van der Waals surface area contributed by atoms with Crippen LogP contribution < -0.4 is 15.4 Å². The maximum Gasteiger partial charge on any atom is 0.251 e. The highest BCUT2D eigenvalue weighted by Gasteiger charge is 2.23. The van der Waals surface area contributed by atoms with Crippen LogP contribution in [0.15, 0.2) is 54.6 Å². The molecule has 0 spiro atoms. The average molecular weight is 350 g/mol. The van der Waals surface area contributed by atoms with E-state index in [1.165, 1.54) is 6.08 Å². The Hall–Kier alpha value is -3.08. The van der Waals surface area contributed by atoms with E-state index in [2.05, 4.69) is 10.6 Å². The van der Waals surface area contributed by atoms with Crippen LogP contribution in [0.5, 0.6) is 5.75 Å². The van der Waals surface area contributed by atoms with Gasteiger partial charge < -0.3 is 15.4 Å². The van der Waals surface area contributed by atoms with Gasteiger partial charge in [0.25, 0.3) is 5.91 Å². The molecular weight excluding hydrogens is 328 g/mol. The van der Waals surface area contributed by atoms with E-state index in [0.29, 0.717) is 23.9 Å². The van der Waals surface area contributed by atoms with Crippen molar-refractivity contribution in [2.45, 2.75) is 25.8 Å².